The van der Waals surface area contributed by atoms with Gasteiger partial charge in [-0.05, 0) is 28.8 Å². The van der Waals surface area contributed by atoms with Crippen molar-refractivity contribution in [1.29, 1.82) is 0 Å². The van der Waals surface area contributed by atoms with Gasteiger partial charge in [-0.15, -0.1) is 0 Å². The fourth-order valence-electron chi connectivity index (χ4n) is 1.85. The normalized spacial score (nSPS) is 12.4. The van der Waals surface area contributed by atoms with Crippen molar-refractivity contribution in [2.75, 3.05) is 6.54 Å². The molecule has 0 aliphatic carbocycles. The van der Waals surface area contributed by atoms with Gasteiger partial charge in [-0.25, -0.2) is 0 Å². The molecular formula is C13H17N3O2S. The summed E-state index contributed by atoms with van der Waals surface area (Å²) in [5, 5.41) is 20.6. The van der Waals surface area contributed by atoms with Crippen LogP contribution in [0.5, 0.6) is 0 Å². The van der Waals surface area contributed by atoms with Crippen molar-refractivity contribution < 1.29 is 9.90 Å². The number of aryl methyl sites for hydroxylation is 2. The summed E-state index contributed by atoms with van der Waals surface area (Å²) in [5.74, 6) is -0.195. The van der Waals surface area contributed by atoms with Gasteiger partial charge in [0, 0.05) is 19.8 Å². The van der Waals surface area contributed by atoms with Crippen LogP contribution in [0.25, 0.3) is 0 Å². The lowest BCUT2D eigenvalue weighted by Gasteiger charge is -2.10. The molecule has 0 bridgehead atoms. The van der Waals surface area contributed by atoms with Gasteiger partial charge >= 0.3 is 0 Å². The first kappa shape index (κ1) is 13.8. The Kier molecular flexibility index (Phi) is 4.34. The van der Waals surface area contributed by atoms with Crippen LogP contribution in [0, 0.1) is 0 Å². The molecule has 2 aromatic rings. The van der Waals surface area contributed by atoms with Crippen molar-refractivity contribution in [3.8, 4) is 0 Å². The Morgan fingerprint density at radius 1 is 1.63 bits per heavy atom. The maximum Gasteiger partial charge on any atom is 0.254 e. The second-order valence-corrected chi connectivity index (χ2v) is 5.08. The first-order chi connectivity index (χ1) is 9.11. The highest BCUT2D eigenvalue weighted by molar-refractivity contribution is 7.07. The zero-order valence-electron chi connectivity index (χ0n) is 11.0. The van der Waals surface area contributed by atoms with E-state index in [2.05, 4.69) is 10.4 Å². The van der Waals surface area contributed by atoms with E-state index in [1.54, 1.807) is 17.9 Å². The molecule has 2 N–H and O–H groups in total. The highest BCUT2D eigenvalue weighted by Crippen LogP contribution is 2.15. The standard InChI is InChI=1S/C13H17N3O2S/c1-3-11-10(7-16(2)15-11)13(18)14-6-12(17)9-4-5-19-8-9/h4-5,7-8,12,17H,3,6H2,1-2H3,(H,14,18). The summed E-state index contributed by atoms with van der Waals surface area (Å²) in [6.07, 6.45) is 1.74. The molecule has 0 aliphatic heterocycles. The topological polar surface area (TPSA) is 67.2 Å². The number of aliphatic hydroxyl groups excluding tert-OH is 1. The molecule has 0 saturated carbocycles. The SMILES string of the molecule is CCc1nn(C)cc1C(=O)NCC(O)c1ccsc1. The zero-order valence-corrected chi connectivity index (χ0v) is 11.8. The molecule has 1 atom stereocenters. The second-order valence-electron chi connectivity index (χ2n) is 4.30. The Balaban J connectivity index is 1.97. The van der Waals surface area contributed by atoms with E-state index in [4.69, 9.17) is 0 Å². The summed E-state index contributed by atoms with van der Waals surface area (Å²) in [6.45, 7) is 2.16. The molecule has 1 amide bonds. The molecule has 5 nitrogen and oxygen atoms in total. The van der Waals surface area contributed by atoms with Crippen LogP contribution in [-0.2, 0) is 13.5 Å². The molecule has 0 spiro atoms. The maximum atomic E-state index is 12.0. The lowest BCUT2D eigenvalue weighted by atomic mass is 10.1. The minimum atomic E-state index is -0.669. The molecule has 0 fully saturated rings. The molecule has 2 aromatic heterocycles. The van der Waals surface area contributed by atoms with Crippen LogP contribution in [0.1, 0.15) is 34.6 Å². The van der Waals surface area contributed by atoms with Crippen molar-refractivity contribution in [3.05, 3.63) is 39.8 Å². The van der Waals surface area contributed by atoms with Crippen molar-refractivity contribution in [1.82, 2.24) is 15.1 Å². The Labute approximate surface area is 115 Å². The lowest BCUT2D eigenvalue weighted by Crippen LogP contribution is -2.28. The third kappa shape index (κ3) is 3.21. The summed E-state index contributed by atoms with van der Waals surface area (Å²) in [5.41, 5.74) is 2.17. The van der Waals surface area contributed by atoms with Crippen LogP contribution in [0.3, 0.4) is 0 Å². The predicted molar refractivity (Wildman–Crippen MR) is 74.2 cm³/mol. The largest absolute Gasteiger partial charge is 0.387 e. The number of nitrogens with one attached hydrogen (secondary N) is 1. The van der Waals surface area contributed by atoms with Gasteiger partial charge in [0.1, 0.15) is 0 Å². The molecular weight excluding hydrogens is 262 g/mol. The number of carbonyl (C=O) groups is 1. The van der Waals surface area contributed by atoms with Crippen molar-refractivity contribution in [2.24, 2.45) is 7.05 Å². The Bertz CT molecular complexity index is 548. The lowest BCUT2D eigenvalue weighted by molar-refractivity contribution is 0.0915. The van der Waals surface area contributed by atoms with Crippen LogP contribution in [-0.4, -0.2) is 27.3 Å². The van der Waals surface area contributed by atoms with Crippen molar-refractivity contribution >= 4 is 17.2 Å². The summed E-state index contributed by atoms with van der Waals surface area (Å²) in [7, 11) is 1.79. The van der Waals surface area contributed by atoms with Crippen molar-refractivity contribution in [2.45, 2.75) is 19.4 Å². The molecule has 0 radical (unpaired) electrons. The smallest absolute Gasteiger partial charge is 0.254 e. The van der Waals surface area contributed by atoms with E-state index in [-0.39, 0.29) is 12.5 Å². The van der Waals surface area contributed by atoms with Gasteiger partial charge in [0.05, 0.1) is 17.4 Å². The Morgan fingerprint density at radius 3 is 3.05 bits per heavy atom. The monoisotopic (exact) mass is 279 g/mol. The Hall–Kier alpha value is -1.66. The molecule has 6 heteroatoms. The van der Waals surface area contributed by atoms with E-state index in [1.165, 1.54) is 11.3 Å². The highest BCUT2D eigenvalue weighted by atomic mass is 32.1. The summed E-state index contributed by atoms with van der Waals surface area (Å²) in [4.78, 5) is 12.0. The van der Waals surface area contributed by atoms with Crippen molar-refractivity contribution in [3.63, 3.8) is 0 Å². The van der Waals surface area contributed by atoms with E-state index >= 15 is 0 Å². The van der Waals surface area contributed by atoms with Gasteiger partial charge < -0.3 is 10.4 Å². The Morgan fingerprint density at radius 2 is 2.42 bits per heavy atom. The molecule has 1 unspecified atom stereocenters. The molecule has 2 heterocycles. The molecule has 19 heavy (non-hydrogen) atoms. The van der Waals surface area contributed by atoms with E-state index in [1.807, 2.05) is 23.8 Å². The summed E-state index contributed by atoms with van der Waals surface area (Å²) in [6, 6.07) is 1.85. The van der Waals surface area contributed by atoms with E-state index in [0.717, 1.165) is 11.3 Å². The van der Waals surface area contributed by atoms with Crippen LogP contribution < -0.4 is 5.32 Å². The van der Waals surface area contributed by atoms with Crippen LogP contribution >= 0.6 is 11.3 Å². The van der Waals surface area contributed by atoms with Gasteiger partial charge in [0.15, 0.2) is 0 Å². The van der Waals surface area contributed by atoms with Gasteiger partial charge in [0.25, 0.3) is 5.91 Å². The molecule has 102 valence electrons. The molecule has 0 aliphatic rings. The fourth-order valence-corrected chi connectivity index (χ4v) is 2.56. The van der Waals surface area contributed by atoms with Gasteiger partial charge in [-0.1, -0.05) is 6.92 Å². The highest BCUT2D eigenvalue weighted by Gasteiger charge is 2.16. The maximum absolute atomic E-state index is 12.0. The minimum Gasteiger partial charge on any atom is -0.387 e. The number of carbonyl (C=O) groups excluding carboxylic acids is 1. The molecule has 2 rings (SSSR count). The quantitative estimate of drug-likeness (QED) is 0.871. The molecule has 0 saturated heterocycles. The summed E-state index contributed by atoms with van der Waals surface area (Å²) < 4.78 is 1.63. The number of aromatic nitrogens is 2. The van der Waals surface area contributed by atoms with Crippen LogP contribution in [0.15, 0.2) is 23.0 Å². The van der Waals surface area contributed by atoms with Crippen LogP contribution in [0.2, 0.25) is 0 Å². The fraction of sp³-hybridized carbons (Fsp3) is 0.385. The van der Waals surface area contributed by atoms with E-state index in [0.29, 0.717) is 12.0 Å². The number of hydrogen-bond acceptors (Lipinski definition) is 4. The number of nitrogens with zero attached hydrogens (tertiary/aromatic N) is 2. The summed E-state index contributed by atoms with van der Waals surface area (Å²) >= 11 is 1.52. The van der Waals surface area contributed by atoms with Gasteiger partial charge in [0.2, 0.25) is 0 Å². The minimum absolute atomic E-state index is 0.195. The third-order valence-corrected chi connectivity index (χ3v) is 3.57. The second kappa shape index (κ2) is 5.99. The van der Waals surface area contributed by atoms with E-state index < -0.39 is 6.10 Å². The number of thiophene rings is 1. The average molecular weight is 279 g/mol. The van der Waals surface area contributed by atoms with E-state index in [9.17, 15) is 9.90 Å². The average Bonchev–Trinajstić information content (AvgIpc) is 3.04. The number of rotatable bonds is 5. The van der Waals surface area contributed by atoms with Crippen LogP contribution in [0.4, 0.5) is 0 Å². The van der Waals surface area contributed by atoms with Gasteiger partial charge in [-0.3, -0.25) is 9.48 Å². The first-order valence-electron chi connectivity index (χ1n) is 6.12. The predicted octanol–water partition coefficient (Wildman–Crippen LogP) is 1.51. The number of amides is 1. The first-order valence-corrected chi connectivity index (χ1v) is 7.07. The zero-order chi connectivity index (χ0) is 13.8. The van der Waals surface area contributed by atoms with Gasteiger partial charge in [-0.2, -0.15) is 16.4 Å². The third-order valence-electron chi connectivity index (χ3n) is 2.87. The number of aliphatic hydroxyl groups is 1. The molecule has 0 aromatic carbocycles. The number of hydrogen-bond donors (Lipinski definition) is 2.